The van der Waals surface area contributed by atoms with Gasteiger partial charge in [-0.05, 0) is 42.7 Å². The highest BCUT2D eigenvalue weighted by Crippen LogP contribution is 2.16. The first-order valence-corrected chi connectivity index (χ1v) is 7.65. The lowest BCUT2D eigenvalue weighted by molar-refractivity contribution is -0.384. The Hall–Kier alpha value is -2.89. The summed E-state index contributed by atoms with van der Waals surface area (Å²) in [5.41, 5.74) is 3.01. The normalized spacial score (nSPS) is 10.2. The van der Waals surface area contributed by atoms with E-state index in [-0.39, 0.29) is 18.0 Å². The van der Waals surface area contributed by atoms with Crippen molar-refractivity contribution < 1.29 is 14.5 Å². The molecule has 6 heteroatoms. The predicted octanol–water partition coefficient (Wildman–Crippen LogP) is 2.95. The second kappa shape index (κ2) is 8.10. The van der Waals surface area contributed by atoms with E-state index in [0.717, 1.165) is 22.4 Å². The maximum absolute atomic E-state index is 11.9. The third kappa shape index (κ3) is 5.39. The van der Waals surface area contributed by atoms with Crippen LogP contribution in [0.4, 0.5) is 5.69 Å². The Morgan fingerprint density at radius 3 is 2.33 bits per heavy atom. The minimum Gasteiger partial charge on any atom is -0.492 e. The Balaban J connectivity index is 1.74. The summed E-state index contributed by atoms with van der Waals surface area (Å²) < 4.78 is 5.62. The van der Waals surface area contributed by atoms with Crippen LogP contribution in [0.2, 0.25) is 0 Å². The lowest BCUT2D eigenvalue weighted by Crippen LogP contribution is -2.29. The highest BCUT2D eigenvalue weighted by atomic mass is 16.6. The number of nitro groups is 1. The topological polar surface area (TPSA) is 81.5 Å². The van der Waals surface area contributed by atoms with Gasteiger partial charge in [0.05, 0.1) is 17.9 Å². The molecule has 0 fully saturated rings. The molecule has 2 rings (SSSR count). The van der Waals surface area contributed by atoms with E-state index in [9.17, 15) is 14.9 Å². The molecule has 0 bridgehead atoms. The summed E-state index contributed by atoms with van der Waals surface area (Å²) in [5, 5.41) is 13.4. The number of hydrogen-bond acceptors (Lipinski definition) is 4. The molecule has 0 aliphatic rings. The lowest BCUT2D eigenvalue weighted by Gasteiger charge is -2.09. The first-order valence-electron chi connectivity index (χ1n) is 7.65. The molecule has 0 radical (unpaired) electrons. The first kappa shape index (κ1) is 17.5. The molecule has 6 nitrogen and oxygen atoms in total. The van der Waals surface area contributed by atoms with E-state index in [2.05, 4.69) is 11.4 Å². The van der Waals surface area contributed by atoms with Gasteiger partial charge < -0.3 is 10.1 Å². The molecule has 24 heavy (non-hydrogen) atoms. The largest absolute Gasteiger partial charge is 0.492 e. The zero-order chi connectivity index (χ0) is 17.5. The lowest BCUT2D eigenvalue weighted by atomic mass is 10.1. The number of amides is 1. The van der Waals surface area contributed by atoms with Gasteiger partial charge in [-0.15, -0.1) is 0 Å². The van der Waals surface area contributed by atoms with Crippen molar-refractivity contribution in [2.24, 2.45) is 0 Å². The SMILES string of the molecule is Cc1cc(C)cc(OCCNC(=O)Cc2ccc([N+](=O)[O-])cc2)c1. The van der Waals surface area contributed by atoms with Crippen LogP contribution in [0.15, 0.2) is 42.5 Å². The van der Waals surface area contributed by atoms with Crippen molar-refractivity contribution in [3.05, 3.63) is 69.3 Å². The van der Waals surface area contributed by atoms with Crippen LogP contribution in [0.3, 0.4) is 0 Å². The van der Waals surface area contributed by atoms with E-state index in [1.165, 1.54) is 12.1 Å². The van der Waals surface area contributed by atoms with Crippen molar-refractivity contribution >= 4 is 11.6 Å². The van der Waals surface area contributed by atoms with Gasteiger partial charge in [-0.2, -0.15) is 0 Å². The van der Waals surface area contributed by atoms with Crippen molar-refractivity contribution in [3.8, 4) is 5.75 Å². The number of rotatable bonds is 7. The zero-order valence-electron chi connectivity index (χ0n) is 13.7. The van der Waals surface area contributed by atoms with Crippen LogP contribution in [0.1, 0.15) is 16.7 Å². The maximum atomic E-state index is 11.9. The number of benzene rings is 2. The number of nitrogens with zero attached hydrogens (tertiary/aromatic N) is 1. The van der Waals surface area contributed by atoms with Gasteiger partial charge in [-0.3, -0.25) is 14.9 Å². The molecule has 2 aromatic carbocycles. The van der Waals surface area contributed by atoms with Crippen molar-refractivity contribution in [2.75, 3.05) is 13.2 Å². The quantitative estimate of drug-likeness (QED) is 0.481. The van der Waals surface area contributed by atoms with E-state index in [1.807, 2.05) is 26.0 Å². The van der Waals surface area contributed by atoms with E-state index >= 15 is 0 Å². The third-order valence-corrected chi connectivity index (χ3v) is 3.40. The summed E-state index contributed by atoms with van der Waals surface area (Å²) in [4.78, 5) is 22.0. The highest BCUT2D eigenvalue weighted by Gasteiger charge is 2.07. The van der Waals surface area contributed by atoms with Crippen LogP contribution < -0.4 is 10.1 Å². The molecule has 1 N–H and O–H groups in total. The first-order chi connectivity index (χ1) is 11.4. The van der Waals surface area contributed by atoms with Crippen molar-refractivity contribution in [1.82, 2.24) is 5.32 Å². The molecule has 0 aliphatic carbocycles. The molecule has 2 aromatic rings. The average molecular weight is 328 g/mol. The monoisotopic (exact) mass is 328 g/mol. The fraction of sp³-hybridized carbons (Fsp3) is 0.278. The third-order valence-electron chi connectivity index (χ3n) is 3.40. The van der Waals surface area contributed by atoms with Gasteiger partial charge in [-0.25, -0.2) is 0 Å². The van der Waals surface area contributed by atoms with E-state index in [4.69, 9.17) is 4.74 Å². The summed E-state index contributed by atoms with van der Waals surface area (Å²) >= 11 is 0. The minimum atomic E-state index is -0.464. The summed E-state index contributed by atoms with van der Waals surface area (Å²) in [7, 11) is 0. The fourth-order valence-electron chi connectivity index (χ4n) is 2.36. The Kier molecular flexibility index (Phi) is 5.89. The van der Waals surface area contributed by atoms with E-state index in [0.29, 0.717) is 13.2 Å². The number of aryl methyl sites for hydroxylation is 2. The van der Waals surface area contributed by atoms with Gasteiger partial charge in [0.15, 0.2) is 0 Å². The summed E-state index contributed by atoms with van der Waals surface area (Å²) in [6, 6.07) is 11.9. The van der Waals surface area contributed by atoms with Gasteiger partial charge in [0.25, 0.3) is 5.69 Å². The molecule has 1 amide bonds. The van der Waals surface area contributed by atoms with Crippen LogP contribution in [0.25, 0.3) is 0 Å². The average Bonchev–Trinajstić information content (AvgIpc) is 2.51. The van der Waals surface area contributed by atoms with Gasteiger partial charge in [0.2, 0.25) is 5.91 Å². The number of ether oxygens (including phenoxy) is 1. The molecule has 0 spiro atoms. The number of nitrogens with one attached hydrogen (secondary N) is 1. The van der Waals surface area contributed by atoms with Gasteiger partial charge in [0, 0.05) is 12.1 Å². The smallest absolute Gasteiger partial charge is 0.269 e. The van der Waals surface area contributed by atoms with Gasteiger partial charge in [0.1, 0.15) is 12.4 Å². The molecule has 0 saturated carbocycles. The summed E-state index contributed by atoms with van der Waals surface area (Å²) in [6.45, 7) is 4.80. The molecule has 0 unspecified atom stereocenters. The molecule has 126 valence electrons. The Bertz CT molecular complexity index is 706. The summed E-state index contributed by atoms with van der Waals surface area (Å²) in [5.74, 6) is 0.644. The number of carbonyl (C=O) groups is 1. The van der Waals surface area contributed by atoms with Crippen LogP contribution >= 0.6 is 0 Å². The Morgan fingerprint density at radius 2 is 1.75 bits per heavy atom. The zero-order valence-corrected chi connectivity index (χ0v) is 13.7. The maximum Gasteiger partial charge on any atom is 0.269 e. The van der Waals surface area contributed by atoms with Crippen LogP contribution in [0.5, 0.6) is 5.75 Å². The van der Waals surface area contributed by atoms with Gasteiger partial charge in [-0.1, -0.05) is 18.2 Å². The predicted molar refractivity (Wildman–Crippen MR) is 91.2 cm³/mol. The van der Waals surface area contributed by atoms with Crippen LogP contribution in [-0.2, 0) is 11.2 Å². The minimum absolute atomic E-state index is 0.0148. The van der Waals surface area contributed by atoms with Crippen molar-refractivity contribution in [2.45, 2.75) is 20.3 Å². The Labute approximate surface area is 140 Å². The summed E-state index contributed by atoms with van der Waals surface area (Å²) in [6.07, 6.45) is 0.182. The van der Waals surface area contributed by atoms with E-state index < -0.39 is 4.92 Å². The Morgan fingerprint density at radius 1 is 1.12 bits per heavy atom. The van der Waals surface area contributed by atoms with Crippen molar-refractivity contribution in [1.29, 1.82) is 0 Å². The number of carbonyl (C=O) groups excluding carboxylic acids is 1. The number of non-ortho nitro benzene ring substituents is 1. The molecule has 0 atom stereocenters. The highest BCUT2D eigenvalue weighted by molar-refractivity contribution is 5.78. The molecule has 0 aromatic heterocycles. The number of hydrogen-bond donors (Lipinski definition) is 1. The van der Waals surface area contributed by atoms with Crippen molar-refractivity contribution in [3.63, 3.8) is 0 Å². The second-order valence-corrected chi connectivity index (χ2v) is 5.62. The molecule has 0 heterocycles. The number of nitro benzene ring substituents is 1. The molecular formula is C18H20N2O4. The second-order valence-electron chi connectivity index (χ2n) is 5.62. The molecule has 0 aliphatic heterocycles. The van der Waals surface area contributed by atoms with E-state index in [1.54, 1.807) is 12.1 Å². The van der Waals surface area contributed by atoms with Crippen LogP contribution in [0, 0.1) is 24.0 Å². The fourth-order valence-corrected chi connectivity index (χ4v) is 2.36. The van der Waals surface area contributed by atoms with Gasteiger partial charge >= 0.3 is 0 Å². The standard InChI is InChI=1S/C18H20N2O4/c1-13-9-14(2)11-17(10-13)24-8-7-19-18(21)12-15-3-5-16(6-4-15)20(22)23/h3-6,9-11H,7-8,12H2,1-2H3,(H,19,21). The van der Waals surface area contributed by atoms with Crippen LogP contribution in [-0.4, -0.2) is 24.0 Å². The molecular weight excluding hydrogens is 308 g/mol. The molecule has 0 saturated heterocycles.